The Morgan fingerprint density at radius 1 is 0.980 bits per heavy atom. The third-order valence-corrected chi connectivity index (χ3v) is 10.4. The third-order valence-electron chi connectivity index (χ3n) is 8.85. The van der Waals surface area contributed by atoms with Gasteiger partial charge in [-0.3, -0.25) is 23.7 Å². The Labute approximate surface area is 295 Å². The number of aromatic amines is 1. The highest BCUT2D eigenvalue weighted by atomic mass is 31.2. The smallest absolute Gasteiger partial charge is 0.413 e. The molecule has 11 nitrogen and oxygen atoms in total. The van der Waals surface area contributed by atoms with E-state index in [9.17, 15) is 24.1 Å². The molecule has 1 aliphatic heterocycles. The van der Waals surface area contributed by atoms with Crippen LogP contribution < -0.4 is 20.9 Å². The van der Waals surface area contributed by atoms with Gasteiger partial charge < -0.3 is 14.4 Å². The van der Waals surface area contributed by atoms with E-state index in [-0.39, 0.29) is 18.1 Å². The van der Waals surface area contributed by atoms with Crippen molar-refractivity contribution >= 4 is 13.5 Å². The molecule has 3 rings (SSSR count). The van der Waals surface area contributed by atoms with Crippen molar-refractivity contribution in [2.75, 3.05) is 13.2 Å². The van der Waals surface area contributed by atoms with Crippen LogP contribution in [0.4, 0.5) is 4.39 Å². The van der Waals surface area contributed by atoms with Gasteiger partial charge in [0, 0.05) is 31.6 Å². The van der Waals surface area contributed by atoms with Crippen molar-refractivity contribution in [3.8, 4) is 5.75 Å². The summed E-state index contributed by atoms with van der Waals surface area (Å²) in [5.74, 6) is 0.391. The summed E-state index contributed by atoms with van der Waals surface area (Å²) >= 11 is 0. The summed E-state index contributed by atoms with van der Waals surface area (Å²) in [5, 5.41) is 13.5. The second-order valence-corrected chi connectivity index (χ2v) is 15.0. The number of carbonyl (C=O) groups excluding carboxylic acids is 1. The quantitative estimate of drug-likeness (QED) is 0.0505. The van der Waals surface area contributed by atoms with E-state index in [0.29, 0.717) is 19.3 Å². The second kappa shape index (κ2) is 22.1. The lowest BCUT2D eigenvalue weighted by Crippen LogP contribution is -2.43. The molecule has 0 bridgehead atoms. The van der Waals surface area contributed by atoms with E-state index in [1.54, 1.807) is 30.3 Å². The first-order valence-electron chi connectivity index (χ1n) is 18.3. The number of benzene rings is 1. The van der Waals surface area contributed by atoms with E-state index in [2.05, 4.69) is 24.2 Å². The highest BCUT2D eigenvalue weighted by molar-refractivity contribution is 7.52. The molecule has 0 saturated carbocycles. The maximum absolute atomic E-state index is 15.6. The molecule has 0 amide bonds. The summed E-state index contributed by atoms with van der Waals surface area (Å²) in [6.07, 6.45) is 17.8. The number of rotatable bonds is 26. The average Bonchev–Trinajstić information content (AvgIpc) is 3.31. The number of H-pyrrole nitrogens is 1. The van der Waals surface area contributed by atoms with Crippen LogP contribution in [0.15, 0.2) is 64.3 Å². The minimum Gasteiger partial charge on any atom is -0.413 e. The van der Waals surface area contributed by atoms with E-state index in [0.717, 1.165) is 55.9 Å². The summed E-state index contributed by atoms with van der Waals surface area (Å²) in [5.41, 5.74) is -4.02. The third kappa shape index (κ3) is 14.4. The molecule has 0 spiro atoms. The molecule has 13 heteroatoms. The van der Waals surface area contributed by atoms with Crippen LogP contribution in [0.2, 0.25) is 0 Å². The highest BCUT2D eigenvalue weighted by Crippen LogP contribution is 2.47. The molecule has 2 heterocycles. The molecule has 1 aliphatic rings. The first-order valence-corrected chi connectivity index (χ1v) is 19.8. The summed E-state index contributed by atoms with van der Waals surface area (Å²) in [7, 11) is -4.08. The lowest BCUT2D eigenvalue weighted by molar-refractivity contribution is -0.119. The zero-order valence-electron chi connectivity index (χ0n) is 29.7. The number of ether oxygens (including phenoxy) is 1. The van der Waals surface area contributed by atoms with Gasteiger partial charge in [0.2, 0.25) is 0 Å². The number of aromatic nitrogens is 2. The minimum absolute atomic E-state index is 0.136. The first kappa shape index (κ1) is 41.5. The number of ketones is 1. The van der Waals surface area contributed by atoms with Crippen molar-refractivity contribution in [2.24, 2.45) is 0 Å². The van der Waals surface area contributed by atoms with Gasteiger partial charge >= 0.3 is 13.4 Å². The van der Waals surface area contributed by atoms with Crippen LogP contribution in [0.1, 0.15) is 123 Å². The highest BCUT2D eigenvalue weighted by Gasteiger charge is 2.55. The van der Waals surface area contributed by atoms with Crippen molar-refractivity contribution in [3.05, 3.63) is 75.6 Å². The van der Waals surface area contributed by atoms with Gasteiger partial charge in [-0.1, -0.05) is 88.6 Å². The van der Waals surface area contributed by atoms with E-state index >= 15 is 4.39 Å². The number of unbranched alkanes of at least 4 members (excludes halogenated alkanes) is 11. The number of para-hydroxylation sites is 1. The Hall–Kier alpha value is -2.89. The fourth-order valence-corrected chi connectivity index (χ4v) is 7.26. The molecule has 1 aromatic heterocycles. The van der Waals surface area contributed by atoms with Crippen LogP contribution in [0.5, 0.6) is 5.75 Å². The Morgan fingerprint density at radius 3 is 2.26 bits per heavy atom. The number of aliphatic hydroxyl groups excluding tert-OH is 1. The topological polar surface area (TPSA) is 149 Å². The molecule has 1 unspecified atom stereocenters. The average molecular weight is 722 g/mol. The van der Waals surface area contributed by atoms with Crippen LogP contribution >= 0.6 is 7.75 Å². The van der Waals surface area contributed by atoms with Crippen molar-refractivity contribution < 1.29 is 32.6 Å². The lowest BCUT2D eigenvalue weighted by atomic mass is 9.98. The molecule has 1 fully saturated rings. The van der Waals surface area contributed by atoms with E-state index < -0.39 is 49.7 Å². The predicted molar refractivity (Wildman–Crippen MR) is 193 cm³/mol. The summed E-state index contributed by atoms with van der Waals surface area (Å²) < 4.78 is 47.1. The Bertz CT molecular complexity index is 1460. The number of halogens is 1. The van der Waals surface area contributed by atoms with Gasteiger partial charge in [-0.2, -0.15) is 0 Å². The number of nitrogens with one attached hydrogen (secondary N) is 2. The molecule has 0 radical (unpaired) electrons. The van der Waals surface area contributed by atoms with Gasteiger partial charge in [-0.25, -0.2) is 18.8 Å². The monoisotopic (exact) mass is 721 g/mol. The fraction of sp³-hybridized carbons (Fsp3) is 0.649. The van der Waals surface area contributed by atoms with Gasteiger partial charge in [0.15, 0.2) is 11.9 Å². The number of Topliss-reactive ketones (excluding diaryl/α,β-unsaturated/α-hetero) is 1. The molecule has 5 atom stereocenters. The molecule has 50 heavy (non-hydrogen) atoms. The normalized spacial score (nSPS) is 21.8. The molecule has 3 N–H and O–H groups in total. The van der Waals surface area contributed by atoms with E-state index in [4.69, 9.17) is 13.8 Å². The Kier molecular flexibility index (Phi) is 18.4. The molecular weight excluding hydrogens is 664 g/mol. The number of hydrogen-bond donors (Lipinski definition) is 3. The Balaban J connectivity index is 1.37. The summed E-state index contributed by atoms with van der Waals surface area (Å²) in [6.45, 7) is 2.91. The SMILES string of the molecule is CCCCCCCC/C=C\CCCCCCCC(=O)CCCNP(=O)(OC[C@H]1O[C@@H](n2ccc(=O)[nH]c2=O)[C@](C)(F)[C@@H]1O)Oc1ccccc1. The van der Waals surface area contributed by atoms with Crippen LogP contribution in [0, 0.1) is 0 Å². The number of nitrogens with zero attached hydrogens (tertiary/aromatic N) is 1. The number of aliphatic hydroxyl groups is 1. The van der Waals surface area contributed by atoms with E-state index in [1.807, 2.05) is 4.98 Å². The van der Waals surface area contributed by atoms with E-state index in [1.165, 1.54) is 51.4 Å². The van der Waals surface area contributed by atoms with Gasteiger partial charge in [0.25, 0.3) is 5.56 Å². The number of carbonyl (C=O) groups is 1. The van der Waals surface area contributed by atoms with Gasteiger partial charge in [0.05, 0.1) is 6.61 Å². The maximum Gasteiger partial charge on any atom is 0.458 e. The number of allylic oxidation sites excluding steroid dienone is 2. The lowest BCUT2D eigenvalue weighted by Gasteiger charge is -2.24. The van der Waals surface area contributed by atoms with Gasteiger partial charge in [-0.05, 0) is 57.6 Å². The van der Waals surface area contributed by atoms with Gasteiger partial charge in [0.1, 0.15) is 23.7 Å². The summed E-state index contributed by atoms with van der Waals surface area (Å²) in [4.78, 5) is 38.3. The Morgan fingerprint density at radius 2 is 1.60 bits per heavy atom. The largest absolute Gasteiger partial charge is 0.458 e. The zero-order chi connectivity index (χ0) is 36.2. The van der Waals surface area contributed by atoms with Crippen molar-refractivity contribution in [1.29, 1.82) is 0 Å². The molecule has 1 aromatic carbocycles. The minimum atomic E-state index is -4.08. The van der Waals surface area contributed by atoms with Crippen LogP contribution in [-0.2, 0) is 18.6 Å². The molecule has 0 aliphatic carbocycles. The molecule has 280 valence electrons. The number of alkyl halides is 1. The molecular formula is C37H57FN3O8P. The van der Waals surface area contributed by atoms with Crippen LogP contribution in [0.3, 0.4) is 0 Å². The standard InChI is InChI=1S/C37H57FN3O8P/c1-3-4-5-6-7-8-9-10-11-12-13-14-15-16-18-22-30(42)23-21-27-39-50(46,49-31-24-19-17-20-25-31)47-29-32-34(44)37(2,38)35(48-32)41-28-26-33(43)40-36(41)45/h10-11,17,19-20,24-26,28,32,34-35,44H,3-9,12-16,18,21-23,27,29H2,1-2H3,(H,39,46)(H,40,43,45)/b11-10-/t32-,34-,35-,37-,50?/m1/s1. The van der Waals surface area contributed by atoms with Crippen molar-refractivity contribution in [2.45, 2.75) is 141 Å². The first-order chi connectivity index (χ1) is 24.1. The maximum atomic E-state index is 15.6. The molecule has 2 aromatic rings. The van der Waals surface area contributed by atoms with Crippen LogP contribution in [-0.4, -0.2) is 51.5 Å². The second-order valence-electron chi connectivity index (χ2n) is 13.2. The van der Waals surface area contributed by atoms with Crippen LogP contribution in [0.25, 0.3) is 0 Å². The molecule has 1 saturated heterocycles. The predicted octanol–water partition coefficient (Wildman–Crippen LogP) is 7.70. The summed E-state index contributed by atoms with van der Waals surface area (Å²) in [6, 6.07) is 9.36. The van der Waals surface area contributed by atoms with Crippen molar-refractivity contribution in [1.82, 2.24) is 14.6 Å². The fourth-order valence-electron chi connectivity index (χ4n) is 5.88. The zero-order valence-corrected chi connectivity index (χ0v) is 30.6. The van der Waals surface area contributed by atoms with Crippen molar-refractivity contribution in [3.63, 3.8) is 0 Å². The number of hydrogen-bond acceptors (Lipinski definition) is 8. The van der Waals surface area contributed by atoms with Gasteiger partial charge in [-0.15, -0.1) is 0 Å².